The topological polar surface area (TPSA) is 52.8 Å². The Morgan fingerprint density at radius 1 is 1.37 bits per heavy atom. The first-order valence-corrected chi connectivity index (χ1v) is 6.45. The average Bonchev–Trinajstić information content (AvgIpc) is 3.04. The second-order valence-electron chi connectivity index (χ2n) is 4.72. The number of carbonyl (C=O) groups is 1. The smallest absolute Gasteiger partial charge is 0.357 e. The normalized spacial score (nSPS) is 22.8. The molecule has 0 radical (unpaired) electrons. The summed E-state index contributed by atoms with van der Waals surface area (Å²) in [6, 6.07) is 5.60. The Labute approximate surface area is 111 Å². The molecule has 5 nitrogen and oxygen atoms in total. The number of pyridine rings is 1. The molecule has 1 aliphatic carbocycles. The maximum Gasteiger partial charge on any atom is 0.357 e. The third-order valence-corrected chi connectivity index (χ3v) is 3.58. The lowest BCUT2D eigenvalue weighted by atomic mass is 10.2. The monoisotopic (exact) mass is 260 g/mol. The van der Waals surface area contributed by atoms with Gasteiger partial charge in [0.2, 0.25) is 0 Å². The molecule has 0 saturated heterocycles. The van der Waals surface area contributed by atoms with Crippen molar-refractivity contribution >= 4 is 11.6 Å². The van der Waals surface area contributed by atoms with Gasteiger partial charge in [-0.25, -0.2) is 9.78 Å². The van der Waals surface area contributed by atoms with Crippen LogP contribution in [0.2, 0.25) is 0 Å². The van der Waals surface area contributed by atoms with E-state index >= 15 is 0 Å². The highest BCUT2D eigenvalue weighted by molar-refractivity contribution is 5.88. The predicted octanol–water partition coefficient (Wildman–Crippen LogP) is 2.06. The fourth-order valence-corrected chi connectivity index (χ4v) is 2.58. The van der Waals surface area contributed by atoms with Crippen molar-refractivity contribution in [2.45, 2.75) is 31.5 Å². The number of rotatable bonds is 3. The van der Waals surface area contributed by atoms with E-state index in [1.54, 1.807) is 23.9 Å². The number of ether oxygens (including phenoxy) is 2. The highest BCUT2D eigenvalue weighted by Gasteiger charge is 2.31. The summed E-state index contributed by atoms with van der Waals surface area (Å²) < 4.78 is 12.6. The molecule has 2 atom stereocenters. The number of aromatic nitrogens is 2. The minimum absolute atomic E-state index is 0.0168. The minimum atomic E-state index is -0.340. The third kappa shape index (κ3) is 2.21. The van der Waals surface area contributed by atoms with Crippen LogP contribution in [-0.2, 0) is 9.47 Å². The van der Waals surface area contributed by atoms with E-state index in [1.807, 2.05) is 18.2 Å². The lowest BCUT2D eigenvalue weighted by Gasteiger charge is -2.18. The molecule has 0 bridgehead atoms. The molecule has 0 spiro atoms. The zero-order valence-electron chi connectivity index (χ0n) is 10.8. The minimum Gasteiger partial charge on any atom is -0.455 e. The summed E-state index contributed by atoms with van der Waals surface area (Å²) in [5.41, 5.74) is 1.20. The lowest BCUT2D eigenvalue weighted by molar-refractivity contribution is -0.0211. The van der Waals surface area contributed by atoms with E-state index in [1.165, 1.54) is 0 Å². The highest BCUT2D eigenvalue weighted by Crippen LogP contribution is 2.25. The van der Waals surface area contributed by atoms with Crippen LogP contribution in [0.25, 0.3) is 5.65 Å². The standard InChI is InChI=1S/C14H16N2O3/c1-18-11-5-4-6-12(11)19-14(17)10-9-15-13-7-2-3-8-16(10)13/h2-3,7-9,11-12H,4-6H2,1H3/t11-,12+/m0/s1. The summed E-state index contributed by atoms with van der Waals surface area (Å²) in [6.45, 7) is 0. The van der Waals surface area contributed by atoms with Gasteiger partial charge in [-0.1, -0.05) is 6.07 Å². The van der Waals surface area contributed by atoms with Gasteiger partial charge >= 0.3 is 5.97 Å². The van der Waals surface area contributed by atoms with Crippen LogP contribution in [0.4, 0.5) is 0 Å². The first-order chi connectivity index (χ1) is 9.29. The van der Waals surface area contributed by atoms with Gasteiger partial charge in [0.05, 0.1) is 12.3 Å². The van der Waals surface area contributed by atoms with Crippen molar-refractivity contribution < 1.29 is 14.3 Å². The van der Waals surface area contributed by atoms with Crippen LogP contribution in [0.15, 0.2) is 30.6 Å². The molecular weight excluding hydrogens is 244 g/mol. The van der Waals surface area contributed by atoms with Crippen molar-refractivity contribution in [3.63, 3.8) is 0 Å². The van der Waals surface area contributed by atoms with Crippen molar-refractivity contribution in [3.05, 3.63) is 36.3 Å². The zero-order valence-corrected chi connectivity index (χ0v) is 10.8. The average molecular weight is 260 g/mol. The first kappa shape index (κ1) is 12.2. The van der Waals surface area contributed by atoms with Gasteiger partial charge in [-0.3, -0.25) is 4.40 Å². The summed E-state index contributed by atoms with van der Waals surface area (Å²) in [6.07, 6.45) is 6.07. The van der Waals surface area contributed by atoms with Crippen LogP contribution in [0.1, 0.15) is 29.8 Å². The molecule has 0 N–H and O–H groups in total. The van der Waals surface area contributed by atoms with E-state index in [4.69, 9.17) is 9.47 Å². The fourth-order valence-electron chi connectivity index (χ4n) is 2.58. The van der Waals surface area contributed by atoms with Crippen molar-refractivity contribution in [1.29, 1.82) is 0 Å². The molecule has 3 rings (SSSR count). The molecule has 19 heavy (non-hydrogen) atoms. The van der Waals surface area contributed by atoms with Crippen LogP contribution >= 0.6 is 0 Å². The van der Waals surface area contributed by atoms with Crippen LogP contribution in [0, 0.1) is 0 Å². The predicted molar refractivity (Wildman–Crippen MR) is 69.0 cm³/mol. The van der Waals surface area contributed by atoms with Crippen LogP contribution in [0.5, 0.6) is 0 Å². The number of methoxy groups -OCH3 is 1. The van der Waals surface area contributed by atoms with Gasteiger partial charge < -0.3 is 9.47 Å². The molecule has 1 aliphatic rings. The number of hydrogen-bond donors (Lipinski definition) is 0. The van der Waals surface area contributed by atoms with Crippen LogP contribution < -0.4 is 0 Å². The molecule has 100 valence electrons. The van der Waals surface area contributed by atoms with E-state index in [0.717, 1.165) is 24.9 Å². The Morgan fingerprint density at radius 2 is 2.21 bits per heavy atom. The number of esters is 1. The number of imidazole rings is 1. The lowest BCUT2D eigenvalue weighted by Crippen LogP contribution is -2.28. The molecule has 2 aromatic rings. The molecule has 5 heteroatoms. The maximum atomic E-state index is 12.2. The maximum absolute atomic E-state index is 12.2. The number of nitrogens with zero attached hydrogens (tertiary/aromatic N) is 2. The molecule has 1 saturated carbocycles. The number of carbonyl (C=O) groups excluding carboxylic acids is 1. The first-order valence-electron chi connectivity index (χ1n) is 6.45. The zero-order chi connectivity index (χ0) is 13.2. The summed E-state index contributed by atoms with van der Waals surface area (Å²) in [7, 11) is 1.66. The van der Waals surface area contributed by atoms with E-state index < -0.39 is 0 Å². The Hall–Kier alpha value is -1.88. The molecule has 2 heterocycles. The SMILES string of the molecule is CO[C@H]1CCC[C@H]1OC(=O)c1cnc2ccccn12. The van der Waals surface area contributed by atoms with Gasteiger partial charge in [0.15, 0.2) is 5.69 Å². The summed E-state index contributed by atoms with van der Waals surface area (Å²) in [4.78, 5) is 16.4. The molecule has 0 aliphatic heterocycles. The van der Waals surface area contributed by atoms with E-state index in [2.05, 4.69) is 4.98 Å². The summed E-state index contributed by atoms with van der Waals surface area (Å²) in [5.74, 6) is -0.340. The van der Waals surface area contributed by atoms with Crippen molar-refractivity contribution in [2.75, 3.05) is 7.11 Å². The molecule has 1 fully saturated rings. The van der Waals surface area contributed by atoms with Crippen molar-refractivity contribution in [2.24, 2.45) is 0 Å². The third-order valence-electron chi connectivity index (χ3n) is 3.58. The highest BCUT2D eigenvalue weighted by atomic mass is 16.6. The van der Waals surface area contributed by atoms with Gasteiger partial charge in [-0.05, 0) is 31.4 Å². The molecule has 0 aromatic carbocycles. The molecule has 2 aromatic heterocycles. The van der Waals surface area contributed by atoms with Crippen LogP contribution in [0.3, 0.4) is 0 Å². The Morgan fingerprint density at radius 3 is 3.05 bits per heavy atom. The quantitative estimate of drug-likeness (QED) is 0.793. The van der Waals surface area contributed by atoms with Gasteiger partial charge in [-0.15, -0.1) is 0 Å². The van der Waals surface area contributed by atoms with Gasteiger partial charge in [0, 0.05) is 13.3 Å². The molecular formula is C14H16N2O3. The molecule has 0 amide bonds. The Kier molecular flexibility index (Phi) is 3.21. The van der Waals surface area contributed by atoms with Crippen molar-refractivity contribution in [3.8, 4) is 0 Å². The molecule has 0 unspecified atom stereocenters. The van der Waals surface area contributed by atoms with E-state index in [-0.39, 0.29) is 18.2 Å². The Balaban J connectivity index is 1.80. The van der Waals surface area contributed by atoms with Crippen LogP contribution in [-0.4, -0.2) is 34.7 Å². The van der Waals surface area contributed by atoms with E-state index in [9.17, 15) is 4.79 Å². The van der Waals surface area contributed by atoms with Gasteiger partial charge in [-0.2, -0.15) is 0 Å². The second kappa shape index (κ2) is 5.01. The number of hydrogen-bond acceptors (Lipinski definition) is 4. The Bertz CT molecular complexity index is 593. The summed E-state index contributed by atoms with van der Waals surface area (Å²) in [5, 5.41) is 0. The second-order valence-corrected chi connectivity index (χ2v) is 4.72. The van der Waals surface area contributed by atoms with Crippen molar-refractivity contribution in [1.82, 2.24) is 9.38 Å². The largest absolute Gasteiger partial charge is 0.455 e. The number of fused-ring (bicyclic) bond motifs is 1. The fraction of sp³-hybridized carbons (Fsp3) is 0.429. The van der Waals surface area contributed by atoms with Gasteiger partial charge in [0.25, 0.3) is 0 Å². The van der Waals surface area contributed by atoms with E-state index in [0.29, 0.717) is 5.69 Å². The van der Waals surface area contributed by atoms with Gasteiger partial charge in [0.1, 0.15) is 11.8 Å². The summed E-state index contributed by atoms with van der Waals surface area (Å²) >= 11 is 0.